The van der Waals surface area contributed by atoms with E-state index in [1.807, 2.05) is 6.92 Å². The number of Topliss-reactive ketones (excluding diaryl/α,β-unsaturated/α-hetero) is 1. The fourth-order valence-electron chi connectivity index (χ4n) is 7.05. The van der Waals surface area contributed by atoms with Crippen molar-refractivity contribution in [1.82, 2.24) is 0 Å². The fraction of sp³-hybridized carbons (Fsp3) is 0.818. The number of hydrogen-bond donors (Lipinski definition) is 1. The second-order valence-corrected chi connectivity index (χ2v) is 9.83. The number of carbonyl (C=O) groups excluding carboxylic acids is 1. The van der Waals surface area contributed by atoms with E-state index in [2.05, 4.69) is 12.1 Å². The molecule has 4 rings (SSSR count). The van der Waals surface area contributed by atoms with Crippen molar-refractivity contribution in [2.45, 2.75) is 65.2 Å². The predicted octanol–water partition coefficient (Wildman–Crippen LogP) is 4.69. The molecule has 0 aromatic carbocycles. The summed E-state index contributed by atoms with van der Waals surface area (Å²) in [6.45, 7) is 5.14. The summed E-state index contributed by atoms with van der Waals surface area (Å²) < 4.78 is 28.3. The molecule has 0 bridgehead atoms. The van der Waals surface area contributed by atoms with Crippen LogP contribution in [0.3, 0.4) is 0 Å². The zero-order valence-corrected chi connectivity index (χ0v) is 17.0. The molecule has 2 N–H and O–H groups in total. The third-order valence-corrected chi connectivity index (χ3v) is 8.71. The fourth-order valence-corrected chi connectivity index (χ4v) is 7.05. The summed E-state index contributed by atoms with van der Waals surface area (Å²) in [5.41, 5.74) is 6.39. The minimum atomic E-state index is -1.51. The van der Waals surface area contributed by atoms with Crippen LogP contribution in [0, 0.1) is 34.5 Å². The molecule has 156 valence electrons. The van der Waals surface area contributed by atoms with Crippen LogP contribution in [-0.2, 0) is 9.63 Å². The molecule has 0 heterocycles. The molecule has 0 saturated heterocycles. The monoisotopic (exact) mass is 394 g/mol. The Kier molecular flexibility index (Phi) is 5.13. The van der Waals surface area contributed by atoms with Crippen LogP contribution in [0.2, 0.25) is 0 Å². The molecule has 0 amide bonds. The van der Waals surface area contributed by atoms with Crippen LogP contribution >= 0.6 is 0 Å². The third-order valence-electron chi connectivity index (χ3n) is 8.71. The summed E-state index contributed by atoms with van der Waals surface area (Å²) in [5.74, 6) is 0.635. The number of rotatable bonds is 3. The van der Waals surface area contributed by atoms with Gasteiger partial charge in [0.15, 0.2) is 0 Å². The molecule has 6 heteroatoms. The summed E-state index contributed by atoms with van der Waals surface area (Å²) in [6, 6.07) is 0. The number of hydrogen-bond acceptors (Lipinski definition) is 4. The van der Waals surface area contributed by atoms with Gasteiger partial charge in [-0.05, 0) is 79.6 Å². The third kappa shape index (κ3) is 2.94. The Morgan fingerprint density at radius 1 is 1.18 bits per heavy atom. The molecule has 6 atom stereocenters. The molecule has 0 spiro atoms. The van der Waals surface area contributed by atoms with Gasteiger partial charge in [-0.2, -0.15) is 8.78 Å². The van der Waals surface area contributed by atoms with Crippen LogP contribution in [0.1, 0.15) is 65.2 Å². The summed E-state index contributed by atoms with van der Waals surface area (Å²) in [7, 11) is 0. The summed E-state index contributed by atoms with van der Waals surface area (Å²) in [5, 5.41) is 4.23. The highest BCUT2D eigenvalue weighted by atomic mass is 19.3. The lowest BCUT2D eigenvalue weighted by Gasteiger charge is -2.60. The maximum absolute atomic E-state index is 14.1. The number of allylic oxidation sites excluding steroid dienone is 1. The van der Waals surface area contributed by atoms with Gasteiger partial charge in [-0.25, -0.2) is 0 Å². The Labute approximate surface area is 165 Å². The van der Waals surface area contributed by atoms with Crippen molar-refractivity contribution in [3.63, 3.8) is 0 Å². The first-order valence-corrected chi connectivity index (χ1v) is 10.8. The smallest absolute Gasteiger partial charge is 0.269 e. The van der Waals surface area contributed by atoms with E-state index in [1.54, 1.807) is 0 Å². The van der Waals surface area contributed by atoms with Crippen LogP contribution < -0.4 is 5.73 Å². The first kappa shape index (κ1) is 20.0. The lowest BCUT2D eigenvalue weighted by molar-refractivity contribution is -0.133. The van der Waals surface area contributed by atoms with Crippen molar-refractivity contribution in [1.29, 1.82) is 0 Å². The van der Waals surface area contributed by atoms with Crippen LogP contribution in [-0.4, -0.2) is 24.6 Å². The second-order valence-electron chi connectivity index (χ2n) is 9.83. The van der Waals surface area contributed by atoms with Gasteiger partial charge in [-0.3, -0.25) is 4.79 Å². The van der Waals surface area contributed by atoms with Gasteiger partial charge in [0, 0.05) is 18.4 Å². The van der Waals surface area contributed by atoms with E-state index in [-0.39, 0.29) is 34.9 Å². The maximum atomic E-state index is 14.1. The van der Waals surface area contributed by atoms with Crippen molar-refractivity contribution < 1.29 is 18.4 Å². The number of carbonyl (C=O) groups is 1. The van der Waals surface area contributed by atoms with Gasteiger partial charge in [-0.1, -0.05) is 19.0 Å². The van der Waals surface area contributed by atoms with Crippen molar-refractivity contribution >= 4 is 11.5 Å². The van der Waals surface area contributed by atoms with Gasteiger partial charge >= 0.3 is 0 Å². The summed E-state index contributed by atoms with van der Waals surface area (Å²) in [6.07, 6.45) is 4.52. The van der Waals surface area contributed by atoms with E-state index in [0.29, 0.717) is 31.6 Å². The first-order valence-electron chi connectivity index (χ1n) is 10.8. The Bertz CT molecular complexity index is 717. The molecule has 0 radical (unpaired) electrons. The molecule has 4 aliphatic carbocycles. The van der Waals surface area contributed by atoms with Crippen LogP contribution in [0.25, 0.3) is 0 Å². The predicted molar refractivity (Wildman–Crippen MR) is 104 cm³/mol. The molecule has 28 heavy (non-hydrogen) atoms. The number of nitrogens with zero attached hydrogens (tertiary/aromatic N) is 1. The number of oxime groups is 1. The van der Waals surface area contributed by atoms with Crippen molar-refractivity contribution in [2.75, 3.05) is 13.2 Å². The molecular weight excluding hydrogens is 362 g/mol. The van der Waals surface area contributed by atoms with Gasteiger partial charge in [0.25, 0.3) is 6.08 Å². The summed E-state index contributed by atoms with van der Waals surface area (Å²) >= 11 is 0. The number of fused-ring (bicyclic) bond motifs is 5. The zero-order valence-electron chi connectivity index (χ0n) is 17.0. The SMILES string of the molecule is C[C@]12CC/C(=N/OCCN)CC1CC(=C(F)F)C1C2CC[C@]2(C)C(=O)CCC12. The average molecular weight is 395 g/mol. The van der Waals surface area contributed by atoms with E-state index >= 15 is 0 Å². The Balaban J connectivity index is 1.65. The highest BCUT2D eigenvalue weighted by Crippen LogP contribution is 2.67. The molecule has 4 unspecified atom stereocenters. The minimum Gasteiger partial charge on any atom is -0.395 e. The molecule has 4 fully saturated rings. The normalized spacial score (nSPS) is 44.1. The highest BCUT2D eigenvalue weighted by molar-refractivity contribution is 5.87. The zero-order chi connectivity index (χ0) is 20.1. The Morgan fingerprint density at radius 2 is 1.96 bits per heavy atom. The number of nitrogens with two attached hydrogens (primary N) is 1. The lowest BCUT2D eigenvalue weighted by atomic mass is 9.44. The summed E-state index contributed by atoms with van der Waals surface area (Å²) in [4.78, 5) is 17.8. The maximum Gasteiger partial charge on any atom is 0.269 e. The Morgan fingerprint density at radius 3 is 2.68 bits per heavy atom. The number of halogens is 2. The van der Waals surface area contributed by atoms with Crippen LogP contribution in [0.5, 0.6) is 0 Å². The molecule has 0 aliphatic heterocycles. The van der Waals surface area contributed by atoms with E-state index in [1.165, 1.54) is 0 Å². The van der Waals surface area contributed by atoms with E-state index in [9.17, 15) is 13.6 Å². The van der Waals surface area contributed by atoms with E-state index in [0.717, 1.165) is 44.2 Å². The standard InChI is InChI=1S/C22H32F2N2O2/c1-21-7-5-14(26-28-10-9-25)11-13(21)12-15(20(23)24)19-16-3-4-18(27)22(16,2)8-6-17(19)21/h13,16-17,19H,3-12,25H2,1-2H3/b26-14-/t13?,16?,17?,19?,21-,22-/m0/s1. The van der Waals surface area contributed by atoms with Crippen molar-refractivity contribution in [3.05, 3.63) is 11.7 Å². The molecule has 4 nitrogen and oxygen atoms in total. The minimum absolute atomic E-state index is 0.0312. The van der Waals surface area contributed by atoms with E-state index < -0.39 is 11.5 Å². The van der Waals surface area contributed by atoms with Gasteiger partial charge in [0.05, 0.1) is 5.71 Å². The quantitative estimate of drug-likeness (QED) is 0.558. The molecule has 0 aromatic rings. The van der Waals surface area contributed by atoms with Gasteiger partial charge in [0.1, 0.15) is 12.4 Å². The number of ketones is 1. The van der Waals surface area contributed by atoms with Crippen LogP contribution in [0.4, 0.5) is 8.78 Å². The van der Waals surface area contributed by atoms with Gasteiger partial charge in [-0.15, -0.1) is 0 Å². The topological polar surface area (TPSA) is 64.7 Å². The second kappa shape index (κ2) is 7.19. The highest BCUT2D eigenvalue weighted by Gasteiger charge is 2.62. The first-order chi connectivity index (χ1) is 13.3. The Hall–Kier alpha value is -1.30. The molecule has 0 aromatic heterocycles. The lowest BCUT2D eigenvalue weighted by Crippen LogP contribution is -2.54. The van der Waals surface area contributed by atoms with Gasteiger partial charge in [0.2, 0.25) is 0 Å². The molecular formula is C22H32F2N2O2. The molecule has 4 saturated carbocycles. The largest absolute Gasteiger partial charge is 0.395 e. The average Bonchev–Trinajstić information content (AvgIpc) is 2.96. The van der Waals surface area contributed by atoms with Gasteiger partial charge < -0.3 is 10.6 Å². The van der Waals surface area contributed by atoms with Crippen molar-refractivity contribution in [2.24, 2.45) is 45.4 Å². The van der Waals surface area contributed by atoms with E-state index in [4.69, 9.17) is 10.6 Å². The molecule has 4 aliphatic rings. The van der Waals surface area contributed by atoms with Crippen molar-refractivity contribution in [3.8, 4) is 0 Å². The van der Waals surface area contributed by atoms with Crippen LogP contribution in [0.15, 0.2) is 16.8 Å².